The van der Waals surface area contributed by atoms with Crippen LogP contribution in [0.3, 0.4) is 0 Å². The van der Waals surface area contributed by atoms with E-state index in [0.717, 1.165) is 9.18 Å². The lowest BCUT2D eigenvalue weighted by Gasteiger charge is -2.26. The molecule has 3 amide bonds. The number of hydrogen-bond donors (Lipinski definition) is 2. The van der Waals surface area contributed by atoms with Gasteiger partial charge < -0.3 is 20.7 Å². The molecule has 1 aliphatic rings. The van der Waals surface area contributed by atoms with Crippen molar-refractivity contribution in [2.75, 3.05) is 32.6 Å². The Morgan fingerprint density at radius 2 is 1.88 bits per heavy atom. The third kappa shape index (κ3) is 4.61. The van der Waals surface area contributed by atoms with Crippen molar-refractivity contribution >= 4 is 44.3 Å². The third-order valence-electron chi connectivity index (χ3n) is 4.95. The van der Waals surface area contributed by atoms with Crippen LogP contribution in [0.1, 0.15) is 38.1 Å². The summed E-state index contributed by atoms with van der Waals surface area (Å²) in [5.74, 6) is -1.18. The molecule has 0 aliphatic carbocycles. The Labute approximate surface area is 190 Å². The Morgan fingerprint density at radius 1 is 1.22 bits per heavy atom. The first kappa shape index (κ1) is 23.7. The molecule has 1 aliphatic heterocycles. The normalized spacial score (nSPS) is 13.6. The smallest absolute Gasteiger partial charge is 0.410 e. The number of nitrogens with zero attached hydrogens (tertiary/aromatic N) is 2. The first-order chi connectivity index (χ1) is 15.1. The molecule has 0 fully saturated rings. The van der Waals surface area contributed by atoms with Gasteiger partial charge in [0.05, 0.1) is 23.6 Å². The van der Waals surface area contributed by atoms with Gasteiger partial charge in [-0.25, -0.2) is 17.5 Å². The summed E-state index contributed by atoms with van der Waals surface area (Å²) in [5, 5.41) is 2.99. The zero-order chi connectivity index (χ0) is 23.6. The van der Waals surface area contributed by atoms with Gasteiger partial charge in [0.25, 0.3) is 11.8 Å². The number of nitrogens with two attached hydrogens (primary N) is 1. The molecule has 1 aromatic heterocycles. The van der Waals surface area contributed by atoms with Gasteiger partial charge >= 0.3 is 6.09 Å². The average molecular weight is 481 g/mol. The highest BCUT2D eigenvalue weighted by Gasteiger charge is 2.30. The number of carbonyl (C=O) groups excluding carboxylic acids is 3. The largest absolute Gasteiger partial charge is 0.450 e. The van der Waals surface area contributed by atoms with Crippen LogP contribution in [0.15, 0.2) is 29.2 Å². The van der Waals surface area contributed by atoms with Crippen LogP contribution in [0.5, 0.6) is 0 Å². The highest BCUT2D eigenvalue weighted by atomic mass is 32.2. The zero-order valence-electron chi connectivity index (χ0n) is 17.9. The number of nitrogens with one attached hydrogen (secondary N) is 1. The molecule has 172 valence electrons. The summed E-state index contributed by atoms with van der Waals surface area (Å²) in [5.41, 5.74) is 6.74. The highest BCUT2D eigenvalue weighted by molar-refractivity contribution is 7.89. The molecule has 12 heteroatoms. The Morgan fingerprint density at radius 3 is 2.44 bits per heavy atom. The lowest BCUT2D eigenvalue weighted by Crippen LogP contribution is -2.36. The van der Waals surface area contributed by atoms with Gasteiger partial charge in [-0.3, -0.25) is 9.59 Å². The minimum atomic E-state index is -3.61. The van der Waals surface area contributed by atoms with Crippen LogP contribution in [-0.4, -0.2) is 62.8 Å². The van der Waals surface area contributed by atoms with Crippen LogP contribution in [0.4, 0.5) is 9.80 Å². The third-order valence-corrected chi connectivity index (χ3v) is 7.91. The van der Waals surface area contributed by atoms with Crippen LogP contribution in [0.25, 0.3) is 0 Å². The maximum absolute atomic E-state index is 12.8. The summed E-state index contributed by atoms with van der Waals surface area (Å²) >= 11 is 1.18. The highest BCUT2D eigenvalue weighted by Crippen LogP contribution is 2.37. The van der Waals surface area contributed by atoms with Gasteiger partial charge in [-0.05, 0) is 43.2 Å². The molecule has 32 heavy (non-hydrogen) atoms. The first-order valence-corrected chi connectivity index (χ1v) is 12.0. The summed E-state index contributed by atoms with van der Waals surface area (Å²) in [6, 6.07) is 5.48. The standard InChI is InChI=1S/C20H24N4O6S2/c1-4-30-20(27)24-10-9-14-15(11-24)31-19(16(14)17(21)25)22-18(26)12-5-7-13(8-6-12)32(28,29)23(2)3/h5-8H,4,9-11H2,1-3H3,(H2,21,25)(H,22,26). The van der Waals surface area contributed by atoms with Gasteiger partial charge in [0, 0.05) is 31.1 Å². The second-order valence-electron chi connectivity index (χ2n) is 7.21. The number of fused-ring (bicyclic) bond motifs is 1. The molecule has 3 rings (SSSR count). The van der Waals surface area contributed by atoms with E-state index < -0.39 is 27.9 Å². The van der Waals surface area contributed by atoms with Gasteiger partial charge in [0.2, 0.25) is 10.0 Å². The second-order valence-corrected chi connectivity index (χ2v) is 10.5. The van der Waals surface area contributed by atoms with Gasteiger partial charge in [0.1, 0.15) is 5.00 Å². The summed E-state index contributed by atoms with van der Waals surface area (Å²) in [6.45, 7) is 2.61. The fraction of sp³-hybridized carbons (Fsp3) is 0.350. The van der Waals surface area contributed by atoms with Crippen LogP contribution in [0, 0.1) is 0 Å². The van der Waals surface area contributed by atoms with Crippen molar-refractivity contribution in [3.05, 3.63) is 45.8 Å². The second kappa shape index (κ2) is 9.27. The van der Waals surface area contributed by atoms with Crippen molar-refractivity contribution in [3.63, 3.8) is 0 Å². The Kier molecular flexibility index (Phi) is 6.86. The predicted molar refractivity (Wildman–Crippen MR) is 119 cm³/mol. The molecule has 0 radical (unpaired) electrons. The molecule has 3 N–H and O–H groups in total. The van der Waals surface area contributed by atoms with E-state index in [4.69, 9.17) is 10.5 Å². The molecular weight excluding hydrogens is 456 g/mol. The van der Waals surface area contributed by atoms with Crippen LogP contribution in [0.2, 0.25) is 0 Å². The minimum absolute atomic E-state index is 0.0579. The van der Waals surface area contributed by atoms with Gasteiger partial charge in [-0.1, -0.05) is 0 Å². The number of hydrogen-bond acceptors (Lipinski definition) is 7. The van der Waals surface area contributed by atoms with Crippen molar-refractivity contribution < 1.29 is 27.5 Å². The van der Waals surface area contributed by atoms with Crippen molar-refractivity contribution in [1.82, 2.24) is 9.21 Å². The van der Waals surface area contributed by atoms with Crippen molar-refractivity contribution in [2.45, 2.75) is 24.8 Å². The Balaban J connectivity index is 1.84. The molecule has 10 nitrogen and oxygen atoms in total. The van der Waals surface area contributed by atoms with E-state index >= 15 is 0 Å². The lowest BCUT2D eigenvalue weighted by molar-refractivity contribution is 0.0997. The van der Waals surface area contributed by atoms with Gasteiger partial charge in [0.15, 0.2) is 0 Å². The maximum Gasteiger partial charge on any atom is 0.410 e. The lowest BCUT2D eigenvalue weighted by atomic mass is 10.0. The molecule has 1 aromatic carbocycles. The molecule has 2 heterocycles. The van der Waals surface area contributed by atoms with E-state index in [1.807, 2.05) is 0 Å². The quantitative estimate of drug-likeness (QED) is 0.647. The number of sulfonamides is 1. The number of amides is 3. The van der Waals surface area contributed by atoms with Crippen LogP contribution >= 0.6 is 11.3 Å². The molecule has 0 spiro atoms. The molecule has 0 unspecified atom stereocenters. The molecular formula is C20H24N4O6S2. The minimum Gasteiger partial charge on any atom is -0.450 e. The van der Waals surface area contributed by atoms with Crippen molar-refractivity contribution in [1.29, 1.82) is 0 Å². The Bertz CT molecular complexity index is 1160. The van der Waals surface area contributed by atoms with Crippen LogP contribution < -0.4 is 11.1 Å². The van der Waals surface area contributed by atoms with Crippen LogP contribution in [-0.2, 0) is 27.7 Å². The van der Waals surface area contributed by atoms with E-state index in [9.17, 15) is 22.8 Å². The van der Waals surface area contributed by atoms with Gasteiger partial charge in [-0.2, -0.15) is 0 Å². The van der Waals surface area contributed by atoms with E-state index in [-0.39, 0.29) is 29.2 Å². The Hall–Kier alpha value is -2.96. The average Bonchev–Trinajstić information content (AvgIpc) is 3.10. The molecule has 0 atom stereocenters. The summed E-state index contributed by atoms with van der Waals surface area (Å²) in [6.07, 6.45) is -0.0267. The summed E-state index contributed by atoms with van der Waals surface area (Å²) in [7, 11) is -0.776. The fourth-order valence-electron chi connectivity index (χ4n) is 3.29. The van der Waals surface area contributed by atoms with E-state index in [2.05, 4.69) is 5.32 Å². The zero-order valence-corrected chi connectivity index (χ0v) is 19.5. The number of ether oxygens (including phenoxy) is 1. The number of rotatable bonds is 6. The SMILES string of the molecule is CCOC(=O)N1CCc2c(sc(NC(=O)c3ccc(S(=O)(=O)N(C)C)cc3)c2C(N)=O)C1. The van der Waals surface area contributed by atoms with E-state index in [0.29, 0.717) is 23.5 Å². The fourth-order valence-corrected chi connectivity index (χ4v) is 5.45. The van der Waals surface area contributed by atoms with E-state index in [1.54, 1.807) is 6.92 Å². The first-order valence-electron chi connectivity index (χ1n) is 9.76. The maximum atomic E-state index is 12.8. The predicted octanol–water partition coefficient (Wildman–Crippen LogP) is 1.86. The topological polar surface area (TPSA) is 139 Å². The molecule has 0 saturated carbocycles. The summed E-state index contributed by atoms with van der Waals surface area (Å²) in [4.78, 5) is 39.2. The van der Waals surface area contributed by atoms with E-state index in [1.165, 1.54) is 54.6 Å². The van der Waals surface area contributed by atoms with Crippen molar-refractivity contribution in [3.8, 4) is 0 Å². The molecule has 0 bridgehead atoms. The number of primary amides is 1. The monoisotopic (exact) mass is 480 g/mol. The number of carbonyl (C=O) groups is 3. The molecule has 0 saturated heterocycles. The number of anilines is 1. The number of thiophene rings is 1. The summed E-state index contributed by atoms with van der Waals surface area (Å²) < 4.78 is 30.5. The van der Waals surface area contributed by atoms with Gasteiger partial charge in [-0.15, -0.1) is 11.3 Å². The molecule has 2 aromatic rings. The van der Waals surface area contributed by atoms with Crippen molar-refractivity contribution in [2.24, 2.45) is 5.73 Å². The number of benzene rings is 1.